The molecule has 1 aromatic carbocycles. The van der Waals surface area contributed by atoms with Gasteiger partial charge in [0.15, 0.2) is 0 Å². The van der Waals surface area contributed by atoms with Crippen LogP contribution in [0.25, 0.3) is 6.08 Å². The summed E-state index contributed by atoms with van der Waals surface area (Å²) in [6, 6.07) is 7.24. The lowest BCUT2D eigenvalue weighted by atomic mass is 10.1. The van der Waals surface area contributed by atoms with Gasteiger partial charge >= 0.3 is 11.9 Å². The Morgan fingerprint density at radius 3 is 2.26 bits per heavy atom. The molecule has 1 N–H and O–H groups in total. The molecule has 2 rings (SSSR count). The van der Waals surface area contributed by atoms with Crippen LogP contribution < -0.4 is 5.32 Å². The lowest BCUT2D eigenvalue weighted by molar-refractivity contribution is 0.0523. The molecule has 0 saturated carbocycles. The maximum absolute atomic E-state index is 12.9. The van der Waals surface area contributed by atoms with Gasteiger partial charge in [-0.25, -0.2) is 14.0 Å². The van der Waals surface area contributed by atoms with Crippen molar-refractivity contribution in [3.8, 4) is 0 Å². The van der Waals surface area contributed by atoms with Crippen molar-refractivity contribution in [1.82, 2.24) is 4.98 Å². The van der Waals surface area contributed by atoms with Gasteiger partial charge in [-0.15, -0.1) is 0 Å². The lowest BCUT2D eigenvalue weighted by Gasteiger charge is -2.10. The second-order valence-corrected chi connectivity index (χ2v) is 5.48. The first kappa shape index (κ1) is 20.1. The number of hydrogen-bond acceptors (Lipinski definition) is 6. The van der Waals surface area contributed by atoms with Crippen molar-refractivity contribution < 1.29 is 23.5 Å². The Hall–Kier alpha value is -3.22. The summed E-state index contributed by atoms with van der Waals surface area (Å²) < 4.78 is 23.0. The van der Waals surface area contributed by atoms with Crippen molar-refractivity contribution in [2.24, 2.45) is 0 Å². The highest BCUT2D eigenvalue weighted by Gasteiger charge is 2.19. The molecule has 1 heterocycles. The first-order valence-electron chi connectivity index (χ1n) is 8.50. The second-order valence-electron chi connectivity index (χ2n) is 5.48. The van der Waals surface area contributed by atoms with Crippen LogP contribution in [0, 0.1) is 12.7 Å². The van der Waals surface area contributed by atoms with Crippen LogP contribution in [0.4, 0.5) is 10.1 Å². The first-order valence-corrected chi connectivity index (χ1v) is 8.50. The number of nitrogens with zero attached hydrogens (tertiary/aromatic N) is 1. The number of halogens is 1. The molecule has 0 radical (unpaired) electrons. The number of aryl methyl sites for hydroxylation is 1. The van der Waals surface area contributed by atoms with Gasteiger partial charge in [0.1, 0.15) is 5.82 Å². The van der Waals surface area contributed by atoms with Gasteiger partial charge in [0.25, 0.3) is 0 Å². The van der Waals surface area contributed by atoms with Gasteiger partial charge < -0.3 is 14.8 Å². The Labute approximate surface area is 157 Å². The molecule has 0 atom stereocenters. The van der Waals surface area contributed by atoms with Gasteiger partial charge in [-0.2, -0.15) is 0 Å². The Morgan fingerprint density at radius 1 is 1.07 bits per heavy atom. The molecular formula is C20H21FN2O4. The summed E-state index contributed by atoms with van der Waals surface area (Å²) in [4.78, 5) is 28.7. The fourth-order valence-corrected chi connectivity index (χ4v) is 2.30. The van der Waals surface area contributed by atoms with Crippen LogP contribution in [0.3, 0.4) is 0 Å². The minimum Gasteiger partial charge on any atom is -0.462 e. The van der Waals surface area contributed by atoms with Crippen molar-refractivity contribution in [1.29, 1.82) is 0 Å². The van der Waals surface area contributed by atoms with Crippen molar-refractivity contribution in [2.45, 2.75) is 20.8 Å². The van der Waals surface area contributed by atoms with Crippen molar-refractivity contribution in [3.63, 3.8) is 0 Å². The van der Waals surface area contributed by atoms with Crippen LogP contribution in [0.2, 0.25) is 0 Å². The number of esters is 2. The molecule has 0 saturated heterocycles. The van der Waals surface area contributed by atoms with E-state index in [9.17, 15) is 14.0 Å². The first-order chi connectivity index (χ1) is 13.0. The zero-order valence-corrected chi connectivity index (χ0v) is 15.4. The molecule has 7 heteroatoms. The molecule has 0 amide bonds. The van der Waals surface area contributed by atoms with Crippen molar-refractivity contribution in [3.05, 3.63) is 64.9 Å². The molecule has 0 aliphatic heterocycles. The summed E-state index contributed by atoms with van der Waals surface area (Å²) in [7, 11) is 0. The van der Waals surface area contributed by atoms with Crippen LogP contribution in [0.15, 0.2) is 36.5 Å². The van der Waals surface area contributed by atoms with E-state index >= 15 is 0 Å². The number of hydrogen-bond donors (Lipinski definition) is 1. The zero-order valence-electron chi connectivity index (χ0n) is 15.4. The average Bonchev–Trinajstić information content (AvgIpc) is 2.63. The molecule has 142 valence electrons. The Morgan fingerprint density at radius 2 is 1.67 bits per heavy atom. The summed E-state index contributed by atoms with van der Waals surface area (Å²) in [6.07, 6.45) is 3.15. The quantitative estimate of drug-likeness (QED) is 0.741. The molecule has 2 aromatic rings. The number of pyridine rings is 1. The highest BCUT2D eigenvalue weighted by atomic mass is 19.1. The van der Waals surface area contributed by atoms with Crippen LogP contribution in [0.1, 0.15) is 46.0 Å². The monoisotopic (exact) mass is 372 g/mol. The Bertz CT molecular complexity index is 848. The third-order valence-electron chi connectivity index (χ3n) is 3.57. The number of anilines is 1. The Kier molecular flexibility index (Phi) is 7.05. The van der Waals surface area contributed by atoms with E-state index in [1.54, 1.807) is 45.2 Å². The number of carbonyl (C=O) groups is 2. The van der Waals surface area contributed by atoms with Gasteiger partial charge in [0, 0.05) is 11.9 Å². The number of carbonyl (C=O) groups excluding carboxylic acids is 2. The lowest BCUT2D eigenvalue weighted by Crippen LogP contribution is -2.14. The molecule has 0 unspecified atom stereocenters. The third-order valence-corrected chi connectivity index (χ3v) is 3.57. The highest BCUT2D eigenvalue weighted by Crippen LogP contribution is 2.18. The number of ether oxygens (including phenoxy) is 2. The molecule has 0 fully saturated rings. The van der Waals surface area contributed by atoms with E-state index in [4.69, 9.17) is 9.47 Å². The van der Waals surface area contributed by atoms with Crippen LogP contribution >= 0.6 is 0 Å². The van der Waals surface area contributed by atoms with E-state index < -0.39 is 11.9 Å². The predicted molar refractivity (Wildman–Crippen MR) is 99.9 cm³/mol. The second kappa shape index (κ2) is 9.47. The standard InChI is InChI=1S/C20H21FN2O4/c1-4-26-19(24)16-12-17(20(25)27-5-2)18(23-13(16)3)10-11-22-15-8-6-14(21)7-9-15/h6-12,22H,4-5H2,1-3H3/b11-10+. The van der Waals surface area contributed by atoms with Gasteiger partial charge in [-0.3, -0.25) is 4.98 Å². The van der Waals surface area contributed by atoms with Gasteiger partial charge in [0.2, 0.25) is 0 Å². The van der Waals surface area contributed by atoms with E-state index in [0.29, 0.717) is 17.1 Å². The number of aromatic nitrogens is 1. The fourth-order valence-electron chi connectivity index (χ4n) is 2.30. The molecule has 0 bridgehead atoms. The van der Waals surface area contributed by atoms with Gasteiger partial charge in [-0.05, 0) is 57.2 Å². The molecule has 0 aliphatic rings. The number of rotatable bonds is 7. The van der Waals surface area contributed by atoms with E-state index in [0.717, 1.165) is 0 Å². The smallest absolute Gasteiger partial charge is 0.340 e. The number of benzene rings is 1. The minimum atomic E-state index is -0.586. The maximum Gasteiger partial charge on any atom is 0.340 e. The molecule has 0 aliphatic carbocycles. The van der Waals surface area contributed by atoms with Crippen LogP contribution in [0.5, 0.6) is 0 Å². The molecule has 0 spiro atoms. The van der Waals surface area contributed by atoms with Crippen molar-refractivity contribution >= 4 is 23.7 Å². The van der Waals surface area contributed by atoms with E-state index in [2.05, 4.69) is 10.3 Å². The molecule has 1 aromatic heterocycles. The largest absolute Gasteiger partial charge is 0.462 e. The Balaban J connectivity index is 2.33. The topological polar surface area (TPSA) is 77.5 Å². The van der Waals surface area contributed by atoms with E-state index in [1.165, 1.54) is 18.2 Å². The molecule has 27 heavy (non-hydrogen) atoms. The summed E-state index contributed by atoms with van der Waals surface area (Å²) in [5.74, 6) is -1.47. The maximum atomic E-state index is 12.9. The molecule has 6 nitrogen and oxygen atoms in total. The molecular weight excluding hydrogens is 351 g/mol. The fraction of sp³-hybridized carbons (Fsp3) is 0.250. The SMILES string of the molecule is CCOC(=O)c1cc(C(=O)OCC)c(/C=C/Nc2ccc(F)cc2)nc1C. The van der Waals surface area contributed by atoms with Crippen LogP contribution in [-0.2, 0) is 9.47 Å². The van der Waals surface area contributed by atoms with Crippen molar-refractivity contribution in [2.75, 3.05) is 18.5 Å². The summed E-state index contributed by atoms with van der Waals surface area (Å²) in [5.41, 5.74) is 1.81. The van der Waals surface area contributed by atoms with Crippen LogP contribution in [-0.4, -0.2) is 30.1 Å². The number of nitrogens with one attached hydrogen (secondary N) is 1. The summed E-state index contributed by atoms with van der Waals surface area (Å²) in [6.45, 7) is 5.46. The third kappa shape index (κ3) is 5.37. The van der Waals surface area contributed by atoms with Gasteiger partial charge in [-0.1, -0.05) is 0 Å². The van der Waals surface area contributed by atoms with E-state index in [1.807, 2.05) is 0 Å². The zero-order chi connectivity index (χ0) is 19.8. The summed E-state index contributed by atoms with van der Waals surface area (Å²) in [5, 5.41) is 2.96. The summed E-state index contributed by atoms with van der Waals surface area (Å²) >= 11 is 0. The van der Waals surface area contributed by atoms with Gasteiger partial charge in [0.05, 0.1) is 35.7 Å². The normalized spacial score (nSPS) is 10.7. The minimum absolute atomic E-state index is 0.155. The predicted octanol–water partition coefficient (Wildman–Crippen LogP) is 3.97. The van der Waals surface area contributed by atoms with E-state index in [-0.39, 0.29) is 30.2 Å². The highest BCUT2D eigenvalue weighted by molar-refractivity contribution is 5.98. The average molecular weight is 372 g/mol.